The van der Waals surface area contributed by atoms with Gasteiger partial charge in [0.05, 0.1) is 4.92 Å². The molecular formula is C19H20N2O5. The van der Waals surface area contributed by atoms with Crippen LogP contribution in [0.2, 0.25) is 0 Å². The molecule has 0 saturated heterocycles. The van der Waals surface area contributed by atoms with Crippen LogP contribution in [0.15, 0.2) is 48.5 Å². The van der Waals surface area contributed by atoms with Gasteiger partial charge in [-0.2, -0.15) is 0 Å². The summed E-state index contributed by atoms with van der Waals surface area (Å²) in [4.78, 5) is 35.7. The fraction of sp³-hybridized carbons (Fsp3) is 0.263. The molecule has 0 atom stereocenters. The lowest BCUT2D eigenvalue weighted by molar-refractivity contribution is -0.385. The smallest absolute Gasteiger partial charge is 0.303 e. The number of hydrogen-bond acceptors (Lipinski definition) is 4. The van der Waals surface area contributed by atoms with Crippen molar-refractivity contribution in [3.63, 3.8) is 0 Å². The van der Waals surface area contributed by atoms with E-state index in [-0.39, 0.29) is 30.1 Å². The van der Waals surface area contributed by atoms with E-state index < -0.39 is 10.9 Å². The summed E-state index contributed by atoms with van der Waals surface area (Å²) in [5.41, 5.74) is 1.49. The number of aliphatic carboxylic acids is 1. The first-order chi connectivity index (χ1) is 12.4. The van der Waals surface area contributed by atoms with Gasteiger partial charge < -0.3 is 10.0 Å². The average molecular weight is 356 g/mol. The van der Waals surface area contributed by atoms with E-state index in [1.54, 1.807) is 19.1 Å². The highest BCUT2D eigenvalue weighted by atomic mass is 16.6. The predicted molar refractivity (Wildman–Crippen MR) is 95.9 cm³/mol. The molecule has 2 aromatic carbocycles. The second-order valence-corrected chi connectivity index (χ2v) is 5.97. The van der Waals surface area contributed by atoms with Crippen molar-refractivity contribution in [3.05, 3.63) is 75.3 Å². The van der Waals surface area contributed by atoms with E-state index in [4.69, 9.17) is 5.11 Å². The van der Waals surface area contributed by atoms with Gasteiger partial charge in [0.25, 0.3) is 11.6 Å². The summed E-state index contributed by atoms with van der Waals surface area (Å²) in [5, 5.41) is 19.9. The van der Waals surface area contributed by atoms with Crippen LogP contribution in [0.3, 0.4) is 0 Å². The van der Waals surface area contributed by atoms with E-state index in [0.29, 0.717) is 18.5 Å². The number of benzene rings is 2. The molecule has 1 amide bonds. The number of rotatable bonds is 8. The van der Waals surface area contributed by atoms with Crippen LogP contribution in [0.25, 0.3) is 0 Å². The van der Waals surface area contributed by atoms with Crippen molar-refractivity contribution in [3.8, 4) is 0 Å². The first-order valence-electron chi connectivity index (χ1n) is 8.18. The second kappa shape index (κ2) is 8.75. The van der Waals surface area contributed by atoms with Crippen molar-refractivity contribution in [1.29, 1.82) is 0 Å². The van der Waals surface area contributed by atoms with Crippen molar-refractivity contribution < 1.29 is 19.6 Å². The largest absolute Gasteiger partial charge is 0.481 e. The van der Waals surface area contributed by atoms with Gasteiger partial charge in [-0.05, 0) is 25.0 Å². The molecule has 0 radical (unpaired) electrons. The molecule has 2 aromatic rings. The normalized spacial score (nSPS) is 10.3. The van der Waals surface area contributed by atoms with Crippen LogP contribution in [0.5, 0.6) is 0 Å². The molecule has 0 unspecified atom stereocenters. The summed E-state index contributed by atoms with van der Waals surface area (Å²) in [6.45, 7) is 2.17. The number of amides is 1. The third-order valence-electron chi connectivity index (χ3n) is 3.97. The lowest BCUT2D eigenvalue weighted by Crippen LogP contribution is -2.32. The number of carbonyl (C=O) groups excluding carboxylic acids is 1. The van der Waals surface area contributed by atoms with E-state index in [2.05, 4.69) is 0 Å². The van der Waals surface area contributed by atoms with E-state index >= 15 is 0 Å². The Balaban J connectivity index is 2.25. The SMILES string of the molecule is Cc1ccc(C(=O)N(CCCC(=O)O)Cc2ccccc2)cc1[N+](=O)[O-]. The van der Waals surface area contributed by atoms with Crippen LogP contribution in [0.4, 0.5) is 5.69 Å². The highest BCUT2D eigenvalue weighted by molar-refractivity contribution is 5.95. The third kappa shape index (κ3) is 5.14. The lowest BCUT2D eigenvalue weighted by atomic mass is 10.1. The summed E-state index contributed by atoms with van der Waals surface area (Å²) in [6, 6.07) is 13.7. The molecule has 26 heavy (non-hydrogen) atoms. The van der Waals surface area contributed by atoms with E-state index in [0.717, 1.165) is 5.56 Å². The zero-order valence-electron chi connectivity index (χ0n) is 14.4. The quantitative estimate of drug-likeness (QED) is 0.577. The average Bonchev–Trinajstić information content (AvgIpc) is 2.61. The van der Waals surface area contributed by atoms with Gasteiger partial charge in [-0.25, -0.2) is 0 Å². The lowest BCUT2D eigenvalue weighted by Gasteiger charge is -2.23. The van der Waals surface area contributed by atoms with Crippen molar-refractivity contribution in [2.24, 2.45) is 0 Å². The molecule has 7 nitrogen and oxygen atoms in total. The Bertz CT molecular complexity index is 805. The van der Waals surface area contributed by atoms with Crippen LogP contribution >= 0.6 is 0 Å². The Hall–Kier alpha value is -3.22. The molecule has 0 aliphatic carbocycles. The molecule has 136 valence electrons. The Labute approximate surface area is 151 Å². The summed E-state index contributed by atoms with van der Waals surface area (Å²) >= 11 is 0. The summed E-state index contributed by atoms with van der Waals surface area (Å²) in [7, 11) is 0. The number of carbonyl (C=O) groups is 2. The van der Waals surface area contributed by atoms with Crippen LogP contribution < -0.4 is 0 Å². The van der Waals surface area contributed by atoms with Crippen LogP contribution in [-0.2, 0) is 11.3 Å². The Morgan fingerprint density at radius 3 is 2.46 bits per heavy atom. The van der Waals surface area contributed by atoms with Crippen LogP contribution in [-0.4, -0.2) is 33.4 Å². The fourth-order valence-electron chi connectivity index (χ4n) is 2.60. The zero-order chi connectivity index (χ0) is 19.1. The molecule has 0 heterocycles. The van der Waals surface area contributed by atoms with Gasteiger partial charge in [0, 0.05) is 36.7 Å². The number of nitro benzene ring substituents is 1. The number of carboxylic acids is 1. The topological polar surface area (TPSA) is 101 Å². The minimum atomic E-state index is -0.928. The van der Waals surface area contributed by atoms with Gasteiger partial charge in [0.2, 0.25) is 0 Å². The maximum absolute atomic E-state index is 12.9. The standard InChI is InChI=1S/C19H20N2O5/c1-14-9-10-16(12-17(14)21(25)26)19(24)20(11-5-8-18(22)23)13-15-6-3-2-4-7-15/h2-4,6-7,9-10,12H,5,8,11,13H2,1H3,(H,22,23). The van der Waals surface area contributed by atoms with Crippen LogP contribution in [0, 0.1) is 17.0 Å². The number of carboxylic acid groups (broad SMARTS) is 1. The summed E-state index contributed by atoms with van der Waals surface area (Å²) in [5.74, 6) is -1.29. The number of hydrogen-bond donors (Lipinski definition) is 1. The molecule has 1 N–H and O–H groups in total. The molecule has 0 saturated carbocycles. The van der Waals surface area contributed by atoms with Crippen molar-refractivity contribution in [1.82, 2.24) is 4.90 Å². The number of aryl methyl sites for hydroxylation is 1. The van der Waals surface area contributed by atoms with Gasteiger partial charge in [0.15, 0.2) is 0 Å². The maximum Gasteiger partial charge on any atom is 0.303 e. The van der Waals surface area contributed by atoms with E-state index in [1.165, 1.54) is 11.0 Å². The maximum atomic E-state index is 12.9. The highest BCUT2D eigenvalue weighted by Crippen LogP contribution is 2.21. The molecule has 0 aromatic heterocycles. The van der Waals surface area contributed by atoms with Gasteiger partial charge in [-0.3, -0.25) is 19.7 Å². The molecule has 0 spiro atoms. The van der Waals surface area contributed by atoms with Crippen molar-refractivity contribution in [2.75, 3.05) is 6.54 Å². The van der Waals surface area contributed by atoms with Crippen molar-refractivity contribution >= 4 is 17.6 Å². The summed E-state index contributed by atoms with van der Waals surface area (Å²) in [6.07, 6.45) is 0.258. The molecule has 2 rings (SSSR count). The minimum Gasteiger partial charge on any atom is -0.481 e. The third-order valence-corrected chi connectivity index (χ3v) is 3.97. The summed E-state index contributed by atoms with van der Waals surface area (Å²) < 4.78 is 0. The van der Waals surface area contributed by atoms with Gasteiger partial charge in [0.1, 0.15) is 0 Å². The van der Waals surface area contributed by atoms with Crippen molar-refractivity contribution in [2.45, 2.75) is 26.3 Å². The second-order valence-electron chi connectivity index (χ2n) is 5.97. The van der Waals surface area contributed by atoms with E-state index in [1.807, 2.05) is 30.3 Å². The minimum absolute atomic E-state index is 0.0490. The molecular weight excluding hydrogens is 336 g/mol. The van der Waals surface area contributed by atoms with Gasteiger partial charge >= 0.3 is 5.97 Å². The molecule has 7 heteroatoms. The predicted octanol–water partition coefficient (Wildman–Crippen LogP) is 3.41. The van der Waals surface area contributed by atoms with Crippen LogP contribution in [0.1, 0.15) is 34.3 Å². The highest BCUT2D eigenvalue weighted by Gasteiger charge is 2.20. The first kappa shape index (κ1) is 19.1. The Kier molecular flexibility index (Phi) is 6.43. The fourth-order valence-corrected chi connectivity index (χ4v) is 2.60. The molecule has 0 fully saturated rings. The van der Waals surface area contributed by atoms with Gasteiger partial charge in [-0.1, -0.05) is 36.4 Å². The molecule has 0 bridgehead atoms. The number of nitrogens with zero attached hydrogens (tertiary/aromatic N) is 2. The zero-order valence-corrected chi connectivity index (χ0v) is 14.4. The first-order valence-corrected chi connectivity index (χ1v) is 8.18. The van der Waals surface area contributed by atoms with E-state index in [9.17, 15) is 19.7 Å². The Morgan fingerprint density at radius 2 is 1.85 bits per heavy atom. The van der Waals surface area contributed by atoms with Gasteiger partial charge in [-0.15, -0.1) is 0 Å². The molecule has 0 aliphatic rings. The molecule has 0 aliphatic heterocycles. The number of nitro groups is 1. The monoisotopic (exact) mass is 356 g/mol. The Morgan fingerprint density at radius 1 is 1.15 bits per heavy atom.